The molecule has 1 aliphatic rings. The summed E-state index contributed by atoms with van der Waals surface area (Å²) in [5, 5.41) is 7.00. The predicted octanol–water partition coefficient (Wildman–Crippen LogP) is 3.80. The van der Waals surface area contributed by atoms with Gasteiger partial charge >= 0.3 is 0 Å². The maximum absolute atomic E-state index is 5.41. The van der Waals surface area contributed by atoms with Gasteiger partial charge < -0.3 is 25.0 Å². The minimum Gasteiger partial charge on any atom is -0.497 e. The number of benzene rings is 1. The number of thiophene rings is 1. The van der Waals surface area contributed by atoms with Crippen molar-refractivity contribution in [2.24, 2.45) is 4.99 Å². The summed E-state index contributed by atoms with van der Waals surface area (Å²) in [5.74, 6) is 2.55. The Kier molecular flexibility index (Phi) is 7.63. The molecule has 0 aliphatic carbocycles. The fourth-order valence-corrected chi connectivity index (χ4v) is 4.31. The number of ether oxygens (including phenoxy) is 2. The van der Waals surface area contributed by atoms with Crippen molar-refractivity contribution < 1.29 is 9.47 Å². The largest absolute Gasteiger partial charge is 0.497 e. The summed E-state index contributed by atoms with van der Waals surface area (Å²) in [4.78, 5) is 9.78. The average molecular weight is 417 g/mol. The molecule has 1 fully saturated rings. The first-order valence-electron chi connectivity index (χ1n) is 10.2. The molecule has 1 aromatic carbocycles. The lowest BCUT2D eigenvalue weighted by Crippen LogP contribution is -2.48. The fraction of sp³-hybridized carbons (Fsp3) is 0.500. The highest BCUT2D eigenvalue weighted by atomic mass is 32.1. The minimum absolute atomic E-state index is 0.418. The molecule has 2 aromatic rings. The van der Waals surface area contributed by atoms with Crippen molar-refractivity contribution in [1.29, 1.82) is 0 Å². The molecule has 0 unspecified atom stereocenters. The number of hydrogen-bond acceptors (Lipinski definition) is 5. The zero-order valence-corrected chi connectivity index (χ0v) is 18.6. The van der Waals surface area contributed by atoms with Gasteiger partial charge in [-0.15, -0.1) is 11.3 Å². The van der Waals surface area contributed by atoms with Crippen molar-refractivity contribution in [1.82, 2.24) is 10.6 Å². The van der Waals surface area contributed by atoms with Crippen molar-refractivity contribution in [3.8, 4) is 11.5 Å². The van der Waals surface area contributed by atoms with E-state index in [2.05, 4.69) is 53.6 Å². The Morgan fingerprint density at radius 2 is 1.83 bits per heavy atom. The highest BCUT2D eigenvalue weighted by molar-refractivity contribution is 7.11. The standard InChI is InChI=1S/C22H32N4O2S/c1-5-23-22(24-15-21-7-6-16(2)29-21)25-17-8-10-26(11-9-17)18-12-19(27-3)14-20(13-18)28-4/h6-7,12-14,17H,5,8-11,15H2,1-4H3,(H2,23,24,25). The molecule has 0 amide bonds. The van der Waals surface area contributed by atoms with Crippen LogP contribution in [-0.2, 0) is 6.54 Å². The second kappa shape index (κ2) is 10.4. The minimum atomic E-state index is 0.418. The van der Waals surface area contributed by atoms with E-state index in [4.69, 9.17) is 14.5 Å². The quantitative estimate of drug-likeness (QED) is 0.531. The maximum atomic E-state index is 5.41. The Morgan fingerprint density at radius 1 is 1.14 bits per heavy atom. The number of piperidine rings is 1. The second-order valence-electron chi connectivity index (χ2n) is 7.18. The van der Waals surface area contributed by atoms with Crippen LogP contribution in [0, 0.1) is 6.92 Å². The summed E-state index contributed by atoms with van der Waals surface area (Å²) in [7, 11) is 3.38. The summed E-state index contributed by atoms with van der Waals surface area (Å²) in [5.41, 5.74) is 1.15. The van der Waals surface area contributed by atoms with E-state index in [0.29, 0.717) is 6.04 Å². The molecule has 1 aromatic heterocycles. The van der Waals surface area contributed by atoms with E-state index in [1.165, 1.54) is 9.75 Å². The van der Waals surface area contributed by atoms with Crippen molar-refractivity contribution in [3.63, 3.8) is 0 Å². The van der Waals surface area contributed by atoms with E-state index >= 15 is 0 Å². The molecule has 6 nitrogen and oxygen atoms in total. The lowest BCUT2D eigenvalue weighted by Gasteiger charge is -2.34. The van der Waals surface area contributed by atoms with Gasteiger partial charge in [0.05, 0.1) is 20.8 Å². The molecule has 7 heteroatoms. The number of rotatable bonds is 7. The van der Waals surface area contributed by atoms with Gasteiger partial charge in [-0.05, 0) is 38.8 Å². The van der Waals surface area contributed by atoms with Gasteiger partial charge in [0.1, 0.15) is 11.5 Å². The third kappa shape index (κ3) is 6.03. The first-order chi connectivity index (χ1) is 14.1. The number of hydrogen-bond donors (Lipinski definition) is 2. The number of anilines is 1. The first-order valence-corrected chi connectivity index (χ1v) is 11.0. The topological polar surface area (TPSA) is 58.1 Å². The SMILES string of the molecule is CCNC(=NCc1ccc(C)s1)NC1CCN(c2cc(OC)cc(OC)c2)CC1. The van der Waals surface area contributed by atoms with Crippen LogP contribution in [0.1, 0.15) is 29.5 Å². The number of aryl methyl sites for hydroxylation is 1. The van der Waals surface area contributed by atoms with Crippen molar-refractivity contribution in [2.75, 3.05) is 38.8 Å². The molecule has 3 rings (SSSR count). The Bertz CT molecular complexity index is 791. The van der Waals surface area contributed by atoms with E-state index in [1.54, 1.807) is 14.2 Å². The monoisotopic (exact) mass is 416 g/mol. The number of nitrogens with one attached hydrogen (secondary N) is 2. The fourth-order valence-electron chi connectivity index (χ4n) is 3.50. The molecule has 2 heterocycles. The van der Waals surface area contributed by atoms with Crippen LogP contribution < -0.4 is 25.0 Å². The van der Waals surface area contributed by atoms with Gasteiger partial charge in [-0.2, -0.15) is 0 Å². The van der Waals surface area contributed by atoms with E-state index in [0.717, 1.165) is 62.2 Å². The Hall–Kier alpha value is -2.41. The van der Waals surface area contributed by atoms with Crippen LogP contribution in [0.5, 0.6) is 11.5 Å². The molecule has 1 aliphatic heterocycles. The lowest BCUT2D eigenvalue weighted by molar-refractivity contribution is 0.393. The van der Waals surface area contributed by atoms with Crippen LogP contribution in [0.25, 0.3) is 0 Å². The van der Waals surface area contributed by atoms with Gasteiger partial charge in [0.2, 0.25) is 0 Å². The van der Waals surface area contributed by atoms with Crippen molar-refractivity contribution in [2.45, 2.75) is 39.3 Å². The molecule has 158 valence electrons. The highest BCUT2D eigenvalue weighted by Gasteiger charge is 2.21. The van der Waals surface area contributed by atoms with Gasteiger partial charge in [-0.25, -0.2) is 4.99 Å². The Labute approximate surface area is 177 Å². The lowest BCUT2D eigenvalue weighted by atomic mass is 10.0. The zero-order valence-electron chi connectivity index (χ0n) is 17.8. The first kappa shape index (κ1) is 21.3. The highest BCUT2D eigenvalue weighted by Crippen LogP contribution is 2.30. The van der Waals surface area contributed by atoms with Crippen LogP contribution in [-0.4, -0.2) is 45.9 Å². The van der Waals surface area contributed by atoms with Crippen LogP contribution >= 0.6 is 11.3 Å². The Morgan fingerprint density at radius 3 is 2.38 bits per heavy atom. The van der Waals surface area contributed by atoms with Gasteiger partial charge in [0.15, 0.2) is 5.96 Å². The van der Waals surface area contributed by atoms with Gasteiger partial charge in [-0.3, -0.25) is 0 Å². The maximum Gasteiger partial charge on any atom is 0.191 e. The molecule has 0 saturated carbocycles. The van der Waals surface area contributed by atoms with Gasteiger partial charge in [-0.1, -0.05) is 0 Å². The summed E-state index contributed by atoms with van der Waals surface area (Å²) in [6.45, 7) is 7.78. The van der Waals surface area contributed by atoms with E-state index in [9.17, 15) is 0 Å². The van der Waals surface area contributed by atoms with Crippen LogP contribution in [0.2, 0.25) is 0 Å². The number of aliphatic imine (C=N–C) groups is 1. The van der Waals surface area contributed by atoms with Crippen LogP contribution in [0.15, 0.2) is 35.3 Å². The molecule has 0 spiro atoms. The van der Waals surface area contributed by atoms with Gasteiger partial charge in [0, 0.05) is 59.3 Å². The molecular formula is C22H32N4O2S. The normalized spacial score (nSPS) is 15.3. The third-order valence-electron chi connectivity index (χ3n) is 5.07. The number of nitrogens with zero attached hydrogens (tertiary/aromatic N) is 2. The molecule has 29 heavy (non-hydrogen) atoms. The molecular weight excluding hydrogens is 384 g/mol. The predicted molar refractivity (Wildman–Crippen MR) is 122 cm³/mol. The molecule has 1 saturated heterocycles. The smallest absolute Gasteiger partial charge is 0.191 e. The third-order valence-corrected chi connectivity index (χ3v) is 6.06. The van der Waals surface area contributed by atoms with Crippen molar-refractivity contribution >= 4 is 23.0 Å². The second-order valence-corrected chi connectivity index (χ2v) is 8.56. The van der Waals surface area contributed by atoms with E-state index in [-0.39, 0.29) is 0 Å². The van der Waals surface area contributed by atoms with Crippen LogP contribution in [0.4, 0.5) is 5.69 Å². The van der Waals surface area contributed by atoms with E-state index < -0.39 is 0 Å². The molecule has 0 radical (unpaired) electrons. The van der Waals surface area contributed by atoms with Crippen LogP contribution in [0.3, 0.4) is 0 Å². The average Bonchev–Trinajstić information content (AvgIpc) is 3.17. The van der Waals surface area contributed by atoms with Crippen molar-refractivity contribution in [3.05, 3.63) is 40.1 Å². The molecule has 0 bridgehead atoms. The Balaban J connectivity index is 1.57. The number of guanidine groups is 1. The molecule has 0 atom stereocenters. The zero-order chi connectivity index (χ0) is 20.6. The molecule has 2 N–H and O–H groups in total. The summed E-state index contributed by atoms with van der Waals surface area (Å²) < 4.78 is 10.8. The summed E-state index contributed by atoms with van der Waals surface area (Å²) in [6.07, 6.45) is 2.12. The van der Waals surface area contributed by atoms with E-state index in [1.807, 2.05) is 17.4 Å². The van der Waals surface area contributed by atoms with Gasteiger partial charge in [0.25, 0.3) is 0 Å². The summed E-state index contributed by atoms with van der Waals surface area (Å²) >= 11 is 1.81. The number of methoxy groups -OCH3 is 2. The summed E-state index contributed by atoms with van der Waals surface area (Å²) in [6, 6.07) is 10.8.